The summed E-state index contributed by atoms with van der Waals surface area (Å²) in [5, 5.41) is 0. The van der Waals surface area contributed by atoms with Crippen molar-refractivity contribution in [3.63, 3.8) is 0 Å². The summed E-state index contributed by atoms with van der Waals surface area (Å²) in [6.45, 7) is 0. The maximum Gasteiger partial charge on any atom is 0.475 e. The van der Waals surface area contributed by atoms with Gasteiger partial charge in [0.05, 0.1) is 0 Å². The van der Waals surface area contributed by atoms with E-state index in [2.05, 4.69) is 0 Å². The molecule has 6 heteroatoms. The van der Waals surface area contributed by atoms with Gasteiger partial charge in [-0.15, -0.1) is 0 Å². The highest BCUT2D eigenvalue weighted by atomic mass is 32.2. The van der Waals surface area contributed by atoms with Gasteiger partial charge >= 0.3 is 5.51 Å². The Bertz CT molecular complexity index is 356. The number of alkyl halides is 3. The van der Waals surface area contributed by atoms with Crippen LogP contribution < -0.4 is 0 Å². The Morgan fingerprint density at radius 3 is 2.00 bits per heavy atom. The van der Waals surface area contributed by atoms with Crippen LogP contribution in [0.4, 0.5) is 13.2 Å². The van der Waals surface area contributed by atoms with E-state index in [0.717, 1.165) is 12.1 Å². The molecule has 0 aliphatic carbocycles. The summed E-state index contributed by atoms with van der Waals surface area (Å²) in [4.78, 5) is 9.83. The Kier molecular flexibility index (Phi) is 3.05. The van der Waals surface area contributed by atoms with Gasteiger partial charge in [0.1, 0.15) is 6.29 Å². The molecule has 0 heterocycles. The third-order valence-corrected chi connectivity index (χ3v) is 2.56. The molecule has 2 nitrogen and oxygen atoms in total. The number of carbonyl (C=O) groups is 1. The maximum absolute atomic E-state index is 11.9. The van der Waals surface area contributed by atoms with Crippen LogP contribution in [0.2, 0.25) is 0 Å². The highest BCUT2D eigenvalue weighted by Crippen LogP contribution is 2.25. The lowest BCUT2D eigenvalue weighted by Crippen LogP contribution is -2.16. The second-order valence-corrected chi connectivity index (χ2v) is 3.87. The van der Waals surface area contributed by atoms with E-state index in [0.29, 0.717) is 6.29 Å². The Hall–Kier alpha value is -1.17. The van der Waals surface area contributed by atoms with Crippen LogP contribution in [0.15, 0.2) is 29.2 Å². The van der Waals surface area contributed by atoms with Crippen LogP contribution in [0.5, 0.6) is 0 Å². The van der Waals surface area contributed by atoms with Crippen molar-refractivity contribution in [2.24, 2.45) is 0 Å². The van der Waals surface area contributed by atoms with Crippen molar-refractivity contribution < 1.29 is 22.2 Å². The standard InChI is InChI=1S/C8H5F3O2S/c9-8(10,11)14(13)7-3-1-6(5-12)2-4-7/h1-5H. The van der Waals surface area contributed by atoms with E-state index in [1.807, 2.05) is 0 Å². The van der Waals surface area contributed by atoms with E-state index in [4.69, 9.17) is 0 Å². The molecule has 0 saturated carbocycles. The first-order valence-electron chi connectivity index (χ1n) is 3.49. The summed E-state index contributed by atoms with van der Waals surface area (Å²) in [7, 11) is -3.03. The van der Waals surface area contributed by atoms with Crippen LogP contribution in [-0.2, 0) is 10.8 Å². The molecule has 76 valence electrons. The first-order valence-corrected chi connectivity index (χ1v) is 4.64. The van der Waals surface area contributed by atoms with Gasteiger partial charge in [-0.2, -0.15) is 13.2 Å². The fourth-order valence-electron chi connectivity index (χ4n) is 0.804. The number of hydrogen-bond acceptors (Lipinski definition) is 2. The number of halogens is 3. The minimum atomic E-state index is -4.76. The van der Waals surface area contributed by atoms with Crippen molar-refractivity contribution >= 4 is 17.1 Å². The first kappa shape index (κ1) is 10.9. The lowest BCUT2D eigenvalue weighted by molar-refractivity contribution is -0.0384. The zero-order chi connectivity index (χ0) is 10.8. The molecule has 0 spiro atoms. The number of rotatable bonds is 2. The predicted octanol–water partition coefficient (Wildman–Crippen LogP) is 2.13. The SMILES string of the molecule is O=Cc1ccc(S(=O)C(F)(F)F)cc1. The highest BCUT2D eigenvalue weighted by molar-refractivity contribution is 7.86. The highest BCUT2D eigenvalue weighted by Gasteiger charge is 2.37. The van der Waals surface area contributed by atoms with Crippen LogP contribution >= 0.6 is 0 Å². The molecule has 0 N–H and O–H groups in total. The van der Waals surface area contributed by atoms with Gasteiger partial charge in [-0.3, -0.25) is 4.79 Å². The van der Waals surface area contributed by atoms with Crippen LogP contribution in [0.3, 0.4) is 0 Å². The zero-order valence-electron chi connectivity index (χ0n) is 6.75. The molecule has 0 radical (unpaired) electrons. The maximum atomic E-state index is 11.9. The molecule has 1 atom stereocenters. The second-order valence-electron chi connectivity index (χ2n) is 2.40. The molecule has 1 aromatic rings. The zero-order valence-corrected chi connectivity index (χ0v) is 7.56. The Labute approximate surface area is 80.2 Å². The molecule has 0 bridgehead atoms. The van der Waals surface area contributed by atoms with E-state index in [1.165, 1.54) is 12.1 Å². The summed E-state index contributed by atoms with van der Waals surface area (Å²) in [6.07, 6.45) is 0.500. The smallest absolute Gasteiger partial charge is 0.298 e. The van der Waals surface area contributed by atoms with Gasteiger partial charge in [0, 0.05) is 10.5 Å². The van der Waals surface area contributed by atoms with Crippen molar-refractivity contribution in [1.29, 1.82) is 0 Å². The van der Waals surface area contributed by atoms with Crippen molar-refractivity contribution in [3.05, 3.63) is 29.8 Å². The molecule has 0 fully saturated rings. The fourth-order valence-corrected chi connectivity index (χ4v) is 1.45. The lowest BCUT2D eigenvalue weighted by Gasteiger charge is -2.05. The summed E-state index contributed by atoms with van der Waals surface area (Å²) >= 11 is 0. The molecular formula is C8H5F3O2S. The average Bonchev–Trinajstić information content (AvgIpc) is 2.15. The number of aldehydes is 1. The molecule has 0 aliphatic rings. The lowest BCUT2D eigenvalue weighted by atomic mass is 10.2. The van der Waals surface area contributed by atoms with Crippen LogP contribution in [0, 0.1) is 0 Å². The Morgan fingerprint density at radius 2 is 1.64 bits per heavy atom. The van der Waals surface area contributed by atoms with Crippen molar-refractivity contribution in [1.82, 2.24) is 0 Å². The average molecular weight is 222 g/mol. The summed E-state index contributed by atoms with van der Waals surface area (Å²) in [6, 6.07) is 4.42. The van der Waals surface area contributed by atoms with Crippen molar-refractivity contribution in [2.75, 3.05) is 0 Å². The van der Waals surface area contributed by atoms with Gasteiger partial charge < -0.3 is 0 Å². The van der Waals surface area contributed by atoms with E-state index in [-0.39, 0.29) is 10.5 Å². The number of benzene rings is 1. The molecule has 0 aromatic heterocycles. The summed E-state index contributed by atoms with van der Waals surface area (Å²) in [5.41, 5.74) is -4.52. The van der Waals surface area contributed by atoms with E-state index in [1.54, 1.807) is 0 Å². The molecule has 0 saturated heterocycles. The first-order chi connectivity index (χ1) is 6.45. The van der Waals surface area contributed by atoms with Crippen LogP contribution in [0.1, 0.15) is 10.4 Å². The molecule has 1 rings (SSSR count). The molecule has 1 unspecified atom stereocenters. The summed E-state index contributed by atoms with van der Waals surface area (Å²) < 4.78 is 46.6. The Morgan fingerprint density at radius 1 is 1.14 bits per heavy atom. The largest absolute Gasteiger partial charge is 0.475 e. The van der Waals surface area contributed by atoms with E-state index in [9.17, 15) is 22.2 Å². The van der Waals surface area contributed by atoms with Gasteiger partial charge in [0.2, 0.25) is 0 Å². The molecule has 0 amide bonds. The second kappa shape index (κ2) is 3.91. The molecular weight excluding hydrogens is 217 g/mol. The van der Waals surface area contributed by atoms with Gasteiger partial charge in [0.15, 0.2) is 10.8 Å². The van der Waals surface area contributed by atoms with Crippen molar-refractivity contribution in [2.45, 2.75) is 10.4 Å². The van der Waals surface area contributed by atoms with Gasteiger partial charge in [-0.1, -0.05) is 12.1 Å². The van der Waals surface area contributed by atoms with E-state index >= 15 is 0 Å². The van der Waals surface area contributed by atoms with Gasteiger partial charge in [-0.25, -0.2) is 4.21 Å². The van der Waals surface area contributed by atoms with Crippen LogP contribution in [0.25, 0.3) is 0 Å². The minimum absolute atomic E-state index is 0.243. The third kappa shape index (κ3) is 2.41. The van der Waals surface area contributed by atoms with Gasteiger partial charge in [-0.05, 0) is 12.1 Å². The van der Waals surface area contributed by atoms with Gasteiger partial charge in [0.25, 0.3) is 0 Å². The number of carbonyl (C=O) groups excluding carboxylic acids is 1. The molecule has 0 aliphatic heterocycles. The Balaban J connectivity index is 2.98. The van der Waals surface area contributed by atoms with E-state index < -0.39 is 16.3 Å². The topological polar surface area (TPSA) is 34.1 Å². The molecule has 14 heavy (non-hydrogen) atoms. The monoisotopic (exact) mass is 222 g/mol. The predicted molar refractivity (Wildman–Crippen MR) is 44.3 cm³/mol. The minimum Gasteiger partial charge on any atom is -0.298 e. The number of hydrogen-bond donors (Lipinski definition) is 0. The normalized spacial score (nSPS) is 13.6. The van der Waals surface area contributed by atoms with Crippen molar-refractivity contribution in [3.8, 4) is 0 Å². The summed E-state index contributed by atoms with van der Waals surface area (Å²) in [5.74, 6) is 0. The fraction of sp³-hybridized carbons (Fsp3) is 0.125. The molecule has 1 aromatic carbocycles. The van der Waals surface area contributed by atoms with Crippen LogP contribution in [-0.4, -0.2) is 16.0 Å². The quantitative estimate of drug-likeness (QED) is 0.718. The third-order valence-electron chi connectivity index (χ3n) is 1.44.